The highest BCUT2D eigenvalue weighted by atomic mass is 16.1. The molecule has 2 N–H and O–H groups in total. The molecule has 1 amide bonds. The SMILES string of the molecule is CCCCC(CC(=O)NCCC[NH+](C)C)C1CCCCC1. The van der Waals surface area contributed by atoms with Crippen molar-refractivity contribution in [2.24, 2.45) is 11.8 Å². The van der Waals surface area contributed by atoms with Gasteiger partial charge in [-0.05, 0) is 18.3 Å². The molecule has 0 heterocycles. The largest absolute Gasteiger partial charge is 0.356 e. The molecule has 124 valence electrons. The van der Waals surface area contributed by atoms with Crippen LogP contribution in [0.5, 0.6) is 0 Å². The Kier molecular flexibility index (Phi) is 9.73. The molecule has 1 aliphatic rings. The normalized spacial score (nSPS) is 17.9. The average molecular weight is 298 g/mol. The minimum Gasteiger partial charge on any atom is -0.356 e. The summed E-state index contributed by atoms with van der Waals surface area (Å²) in [6.45, 7) is 4.22. The van der Waals surface area contributed by atoms with Gasteiger partial charge in [0.15, 0.2) is 0 Å². The lowest BCUT2D eigenvalue weighted by molar-refractivity contribution is -0.858. The lowest BCUT2D eigenvalue weighted by atomic mass is 9.76. The van der Waals surface area contributed by atoms with Gasteiger partial charge in [-0.3, -0.25) is 4.79 Å². The maximum absolute atomic E-state index is 12.2. The Balaban J connectivity index is 2.30. The Morgan fingerprint density at radius 3 is 2.52 bits per heavy atom. The Morgan fingerprint density at radius 2 is 1.90 bits per heavy atom. The molecule has 0 bridgehead atoms. The zero-order chi connectivity index (χ0) is 15.5. The van der Waals surface area contributed by atoms with Crippen molar-refractivity contribution in [3.8, 4) is 0 Å². The Labute approximate surface area is 131 Å². The van der Waals surface area contributed by atoms with Gasteiger partial charge in [0.2, 0.25) is 5.91 Å². The number of nitrogens with one attached hydrogen (secondary N) is 2. The maximum atomic E-state index is 12.2. The molecule has 21 heavy (non-hydrogen) atoms. The third kappa shape index (κ3) is 8.45. The fourth-order valence-electron chi connectivity index (χ4n) is 3.56. The van der Waals surface area contributed by atoms with E-state index in [0.29, 0.717) is 5.92 Å². The molecule has 1 saturated carbocycles. The number of amides is 1. The molecule has 0 spiro atoms. The lowest BCUT2D eigenvalue weighted by Gasteiger charge is -2.30. The van der Waals surface area contributed by atoms with Crippen LogP contribution in [0.15, 0.2) is 0 Å². The van der Waals surface area contributed by atoms with Crippen molar-refractivity contribution in [3.63, 3.8) is 0 Å². The zero-order valence-corrected chi connectivity index (χ0v) is 14.5. The van der Waals surface area contributed by atoms with Crippen LogP contribution in [0, 0.1) is 11.8 Å². The fourth-order valence-corrected chi connectivity index (χ4v) is 3.56. The number of quaternary nitrogens is 1. The summed E-state index contributed by atoms with van der Waals surface area (Å²) in [5, 5.41) is 3.13. The molecule has 1 atom stereocenters. The Morgan fingerprint density at radius 1 is 1.19 bits per heavy atom. The van der Waals surface area contributed by atoms with Crippen molar-refractivity contribution < 1.29 is 9.69 Å². The summed E-state index contributed by atoms with van der Waals surface area (Å²) in [7, 11) is 4.32. The molecule has 1 fully saturated rings. The van der Waals surface area contributed by atoms with Gasteiger partial charge in [-0.15, -0.1) is 0 Å². The molecule has 3 heteroatoms. The molecule has 1 unspecified atom stereocenters. The first-order chi connectivity index (χ1) is 10.1. The highest BCUT2D eigenvalue weighted by Gasteiger charge is 2.25. The molecule has 0 aliphatic heterocycles. The van der Waals surface area contributed by atoms with Crippen LogP contribution in [0.25, 0.3) is 0 Å². The van der Waals surface area contributed by atoms with E-state index in [2.05, 4.69) is 26.3 Å². The first kappa shape index (κ1) is 18.5. The van der Waals surface area contributed by atoms with Gasteiger partial charge in [0.1, 0.15) is 0 Å². The van der Waals surface area contributed by atoms with E-state index in [1.54, 1.807) is 0 Å². The summed E-state index contributed by atoms with van der Waals surface area (Å²) in [4.78, 5) is 13.6. The van der Waals surface area contributed by atoms with E-state index in [1.807, 2.05) is 0 Å². The molecular weight excluding hydrogens is 260 g/mol. The van der Waals surface area contributed by atoms with Gasteiger partial charge >= 0.3 is 0 Å². The van der Waals surface area contributed by atoms with E-state index in [4.69, 9.17) is 0 Å². The van der Waals surface area contributed by atoms with Crippen molar-refractivity contribution in [3.05, 3.63) is 0 Å². The quantitative estimate of drug-likeness (QED) is 0.597. The van der Waals surface area contributed by atoms with Crippen LogP contribution in [0.2, 0.25) is 0 Å². The van der Waals surface area contributed by atoms with Crippen molar-refractivity contribution in [1.82, 2.24) is 5.32 Å². The van der Waals surface area contributed by atoms with Crippen LogP contribution < -0.4 is 10.2 Å². The maximum Gasteiger partial charge on any atom is 0.220 e. The Hall–Kier alpha value is -0.570. The highest BCUT2D eigenvalue weighted by Crippen LogP contribution is 2.34. The van der Waals surface area contributed by atoms with Gasteiger partial charge in [0, 0.05) is 19.4 Å². The second-order valence-corrected chi connectivity index (χ2v) is 7.17. The molecule has 0 saturated heterocycles. The predicted molar refractivity (Wildman–Crippen MR) is 89.5 cm³/mol. The number of hydrogen-bond acceptors (Lipinski definition) is 1. The lowest BCUT2D eigenvalue weighted by Crippen LogP contribution is -3.05. The van der Waals surface area contributed by atoms with Crippen LogP contribution in [-0.2, 0) is 4.79 Å². The second-order valence-electron chi connectivity index (χ2n) is 7.17. The first-order valence-corrected chi connectivity index (χ1v) is 9.19. The van der Waals surface area contributed by atoms with Crippen LogP contribution >= 0.6 is 0 Å². The van der Waals surface area contributed by atoms with Crippen molar-refractivity contribution in [2.75, 3.05) is 27.2 Å². The summed E-state index contributed by atoms with van der Waals surface area (Å²) in [6.07, 6.45) is 12.5. The third-order valence-corrected chi connectivity index (χ3v) is 4.87. The van der Waals surface area contributed by atoms with E-state index in [0.717, 1.165) is 31.8 Å². The summed E-state index contributed by atoms with van der Waals surface area (Å²) in [6, 6.07) is 0. The molecule has 3 nitrogen and oxygen atoms in total. The van der Waals surface area contributed by atoms with Crippen molar-refractivity contribution >= 4 is 5.91 Å². The van der Waals surface area contributed by atoms with Gasteiger partial charge in [-0.2, -0.15) is 0 Å². The summed E-state index contributed by atoms with van der Waals surface area (Å²) >= 11 is 0. The number of hydrogen-bond donors (Lipinski definition) is 2. The standard InChI is InChI=1S/C18H36N2O/c1-4-5-10-17(16-11-7-6-8-12-16)15-18(21)19-13-9-14-20(2)3/h16-17H,4-15H2,1-3H3,(H,19,21)/p+1. The zero-order valence-electron chi connectivity index (χ0n) is 14.5. The van der Waals surface area contributed by atoms with E-state index < -0.39 is 0 Å². The van der Waals surface area contributed by atoms with E-state index >= 15 is 0 Å². The fraction of sp³-hybridized carbons (Fsp3) is 0.944. The highest BCUT2D eigenvalue weighted by molar-refractivity contribution is 5.76. The van der Waals surface area contributed by atoms with E-state index in [9.17, 15) is 4.79 Å². The number of unbranched alkanes of at least 4 members (excludes halogenated alkanes) is 1. The van der Waals surface area contributed by atoms with Crippen LogP contribution in [-0.4, -0.2) is 33.1 Å². The molecule has 0 aromatic carbocycles. The van der Waals surface area contributed by atoms with Gasteiger partial charge in [0.25, 0.3) is 0 Å². The average Bonchev–Trinajstić information content (AvgIpc) is 2.48. The number of carbonyl (C=O) groups excluding carboxylic acids is 1. The van der Waals surface area contributed by atoms with Gasteiger partial charge in [-0.25, -0.2) is 0 Å². The van der Waals surface area contributed by atoms with Crippen molar-refractivity contribution in [2.45, 2.75) is 71.1 Å². The predicted octanol–water partition coefficient (Wildman–Crippen LogP) is 2.41. The Bertz CT molecular complexity index is 272. The molecular formula is C18H37N2O+. The van der Waals surface area contributed by atoms with E-state index in [-0.39, 0.29) is 5.91 Å². The van der Waals surface area contributed by atoms with Crippen molar-refractivity contribution in [1.29, 1.82) is 0 Å². The summed E-state index contributed by atoms with van der Waals surface area (Å²) in [5.41, 5.74) is 0. The second kappa shape index (κ2) is 11.1. The minimum atomic E-state index is 0.287. The number of rotatable bonds is 10. The molecule has 0 radical (unpaired) electrons. The molecule has 0 aromatic rings. The van der Waals surface area contributed by atoms with Gasteiger partial charge in [0.05, 0.1) is 20.6 Å². The van der Waals surface area contributed by atoms with Gasteiger partial charge < -0.3 is 10.2 Å². The van der Waals surface area contributed by atoms with Crippen LogP contribution in [0.4, 0.5) is 0 Å². The summed E-state index contributed by atoms with van der Waals surface area (Å²) < 4.78 is 0. The van der Waals surface area contributed by atoms with Gasteiger partial charge in [-0.1, -0.05) is 51.9 Å². The topological polar surface area (TPSA) is 33.5 Å². The minimum absolute atomic E-state index is 0.287. The van der Waals surface area contributed by atoms with E-state index in [1.165, 1.54) is 56.3 Å². The molecule has 1 aliphatic carbocycles. The van der Waals surface area contributed by atoms with Crippen LogP contribution in [0.3, 0.4) is 0 Å². The summed E-state index contributed by atoms with van der Waals surface area (Å²) in [5.74, 6) is 1.72. The molecule has 0 aromatic heterocycles. The smallest absolute Gasteiger partial charge is 0.220 e. The first-order valence-electron chi connectivity index (χ1n) is 9.19. The molecule has 1 rings (SSSR count). The third-order valence-electron chi connectivity index (χ3n) is 4.87. The number of carbonyl (C=O) groups is 1. The monoisotopic (exact) mass is 297 g/mol. The van der Waals surface area contributed by atoms with Crippen LogP contribution in [0.1, 0.15) is 71.1 Å².